The van der Waals surface area contributed by atoms with Gasteiger partial charge in [0.15, 0.2) is 0 Å². The molecular formula is C12H12BrN3O4S. The highest BCUT2D eigenvalue weighted by Gasteiger charge is 2.18. The summed E-state index contributed by atoms with van der Waals surface area (Å²) in [6, 6.07) is 3.75. The van der Waals surface area contributed by atoms with Gasteiger partial charge < -0.3 is 10.1 Å². The lowest BCUT2D eigenvalue weighted by atomic mass is 10.2. The standard InChI is InChI=1S/C12H12BrN3O4S/c13-9-7-8(12(17)18)1-2-10(9)21(19,20)16-4-3-11-14-5-6-15-11/h1-2,5-7,16H,3-4H2,(H,14,15)(H,17,18). The van der Waals surface area contributed by atoms with E-state index in [2.05, 4.69) is 30.6 Å². The molecule has 2 aromatic rings. The molecule has 0 aliphatic carbocycles. The van der Waals surface area contributed by atoms with E-state index in [0.29, 0.717) is 12.2 Å². The summed E-state index contributed by atoms with van der Waals surface area (Å²) in [6.07, 6.45) is 3.67. The summed E-state index contributed by atoms with van der Waals surface area (Å²) < 4.78 is 26.9. The van der Waals surface area contributed by atoms with Gasteiger partial charge >= 0.3 is 5.97 Å². The monoisotopic (exact) mass is 373 g/mol. The van der Waals surface area contributed by atoms with Gasteiger partial charge in [-0.25, -0.2) is 22.9 Å². The summed E-state index contributed by atoms with van der Waals surface area (Å²) in [7, 11) is -3.72. The summed E-state index contributed by atoms with van der Waals surface area (Å²) in [4.78, 5) is 17.7. The number of hydrogen-bond acceptors (Lipinski definition) is 4. The van der Waals surface area contributed by atoms with Gasteiger partial charge in [-0.15, -0.1) is 0 Å². The first-order valence-corrected chi connectivity index (χ1v) is 8.18. The molecule has 0 saturated carbocycles. The molecule has 7 nitrogen and oxygen atoms in total. The molecule has 0 aliphatic heterocycles. The fraction of sp³-hybridized carbons (Fsp3) is 0.167. The molecule has 9 heteroatoms. The van der Waals surface area contributed by atoms with E-state index in [-0.39, 0.29) is 21.5 Å². The lowest BCUT2D eigenvalue weighted by Gasteiger charge is -2.08. The summed E-state index contributed by atoms with van der Waals surface area (Å²) in [5.74, 6) is -0.441. The van der Waals surface area contributed by atoms with Gasteiger partial charge in [0.1, 0.15) is 5.82 Å². The van der Waals surface area contributed by atoms with E-state index in [0.717, 1.165) is 0 Å². The Labute approximate surface area is 129 Å². The fourth-order valence-corrected chi connectivity index (χ4v) is 3.78. The fourth-order valence-electron chi connectivity index (χ4n) is 1.67. The summed E-state index contributed by atoms with van der Waals surface area (Å²) >= 11 is 3.08. The zero-order valence-electron chi connectivity index (χ0n) is 10.7. The van der Waals surface area contributed by atoms with Crippen LogP contribution < -0.4 is 4.72 Å². The molecule has 1 aromatic carbocycles. The Morgan fingerprint density at radius 2 is 2.19 bits per heavy atom. The van der Waals surface area contributed by atoms with Crippen LogP contribution in [0.25, 0.3) is 0 Å². The van der Waals surface area contributed by atoms with Crippen molar-refractivity contribution >= 4 is 31.9 Å². The molecule has 21 heavy (non-hydrogen) atoms. The minimum absolute atomic E-state index is 0.00746. The molecule has 0 amide bonds. The molecule has 0 saturated heterocycles. The Bertz CT molecular complexity index is 744. The van der Waals surface area contributed by atoms with E-state index < -0.39 is 16.0 Å². The maximum atomic E-state index is 12.1. The van der Waals surface area contributed by atoms with Gasteiger partial charge in [0.25, 0.3) is 0 Å². The van der Waals surface area contributed by atoms with Crippen molar-refractivity contribution in [2.75, 3.05) is 6.54 Å². The second-order valence-corrected chi connectivity index (χ2v) is 6.72. The zero-order chi connectivity index (χ0) is 15.5. The molecule has 1 heterocycles. The van der Waals surface area contributed by atoms with Crippen molar-refractivity contribution in [3.8, 4) is 0 Å². The van der Waals surface area contributed by atoms with Gasteiger partial charge in [-0.3, -0.25) is 0 Å². The number of sulfonamides is 1. The van der Waals surface area contributed by atoms with Crippen LogP contribution in [0.1, 0.15) is 16.2 Å². The van der Waals surface area contributed by atoms with Crippen molar-refractivity contribution in [3.63, 3.8) is 0 Å². The molecule has 3 N–H and O–H groups in total. The van der Waals surface area contributed by atoms with Gasteiger partial charge in [-0.05, 0) is 34.1 Å². The van der Waals surface area contributed by atoms with E-state index in [1.54, 1.807) is 12.4 Å². The van der Waals surface area contributed by atoms with Gasteiger partial charge in [-0.2, -0.15) is 0 Å². The molecular weight excluding hydrogens is 362 g/mol. The Kier molecular flexibility index (Phi) is 4.76. The third-order valence-electron chi connectivity index (χ3n) is 2.68. The topological polar surface area (TPSA) is 112 Å². The number of aromatic nitrogens is 2. The van der Waals surface area contributed by atoms with Gasteiger partial charge in [0.05, 0.1) is 10.5 Å². The molecule has 0 radical (unpaired) electrons. The first kappa shape index (κ1) is 15.7. The quantitative estimate of drug-likeness (QED) is 0.708. The molecule has 0 unspecified atom stereocenters. The average molecular weight is 374 g/mol. The molecule has 1 aromatic heterocycles. The maximum absolute atomic E-state index is 12.1. The number of imidazole rings is 1. The normalized spacial score (nSPS) is 11.5. The van der Waals surface area contributed by atoms with Crippen LogP contribution in [0.15, 0.2) is 40.0 Å². The van der Waals surface area contributed by atoms with Crippen molar-refractivity contribution < 1.29 is 18.3 Å². The Morgan fingerprint density at radius 3 is 2.76 bits per heavy atom. The summed E-state index contributed by atoms with van der Waals surface area (Å²) in [5, 5.41) is 8.85. The van der Waals surface area contributed by atoms with Crippen molar-refractivity contribution in [2.45, 2.75) is 11.3 Å². The van der Waals surface area contributed by atoms with Crippen LogP contribution in [0.4, 0.5) is 0 Å². The van der Waals surface area contributed by atoms with Crippen molar-refractivity contribution in [2.24, 2.45) is 0 Å². The average Bonchev–Trinajstić information content (AvgIpc) is 2.91. The van der Waals surface area contributed by atoms with Crippen molar-refractivity contribution in [1.29, 1.82) is 0 Å². The van der Waals surface area contributed by atoms with Crippen molar-refractivity contribution in [1.82, 2.24) is 14.7 Å². The predicted octanol–water partition coefficient (Wildman–Crippen LogP) is 1.39. The number of hydrogen-bond donors (Lipinski definition) is 3. The maximum Gasteiger partial charge on any atom is 0.335 e. The van der Waals surface area contributed by atoms with E-state index in [1.165, 1.54) is 18.2 Å². The zero-order valence-corrected chi connectivity index (χ0v) is 13.1. The van der Waals surface area contributed by atoms with E-state index in [9.17, 15) is 13.2 Å². The lowest BCUT2D eigenvalue weighted by molar-refractivity contribution is 0.0696. The number of nitrogens with one attached hydrogen (secondary N) is 2. The highest BCUT2D eigenvalue weighted by atomic mass is 79.9. The third kappa shape index (κ3) is 3.90. The van der Waals surface area contributed by atoms with Crippen LogP contribution in [0.2, 0.25) is 0 Å². The molecule has 0 bridgehead atoms. The van der Waals surface area contributed by atoms with Crippen LogP contribution >= 0.6 is 15.9 Å². The van der Waals surface area contributed by atoms with Gasteiger partial charge in [0.2, 0.25) is 10.0 Å². The van der Waals surface area contributed by atoms with Crippen LogP contribution in [-0.2, 0) is 16.4 Å². The number of carboxylic acids is 1. The number of carbonyl (C=O) groups is 1. The SMILES string of the molecule is O=C(O)c1ccc(S(=O)(=O)NCCc2ncc[nH]2)c(Br)c1. The smallest absolute Gasteiger partial charge is 0.335 e. The first-order chi connectivity index (χ1) is 9.90. The van der Waals surface area contributed by atoms with Gasteiger partial charge in [-0.1, -0.05) is 0 Å². The van der Waals surface area contributed by atoms with Crippen LogP contribution in [-0.4, -0.2) is 36.0 Å². The second-order valence-electron chi connectivity index (χ2n) is 4.13. The number of aromatic amines is 1. The lowest BCUT2D eigenvalue weighted by Crippen LogP contribution is -2.26. The Balaban J connectivity index is 2.10. The third-order valence-corrected chi connectivity index (χ3v) is 5.11. The molecule has 0 atom stereocenters. The molecule has 2 rings (SSSR count). The van der Waals surface area contributed by atoms with Crippen LogP contribution in [0.5, 0.6) is 0 Å². The molecule has 0 aliphatic rings. The number of benzene rings is 1. The number of rotatable bonds is 6. The molecule has 112 valence electrons. The number of H-pyrrole nitrogens is 1. The second kappa shape index (κ2) is 6.37. The Morgan fingerprint density at radius 1 is 1.43 bits per heavy atom. The largest absolute Gasteiger partial charge is 0.478 e. The van der Waals surface area contributed by atoms with E-state index >= 15 is 0 Å². The molecule has 0 fully saturated rings. The first-order valence-electron chi connectivity index (χ1n) is 5.91. The number of carboxylic acid groups (broad SMARTS) is 1. The molecule has 0 spiro atoms. The summed E-state index contributed by atoms with van der Waals surface area (Å²) in [5.41, 5.74) is 0.0106. The van der Waals surface area contributed by atoms with Crippen LogP contribution in [0.3, 0.4) is 0 Å². The van der Waals surface area contributed by atoms with E-state index in [1.807, 2.05) is 0 Å². The van der Waals surface area contributed by atoms with Gasteiger partial charge in [0, 0.05) is 29.8 Å². The Hall–Kier alpha value is -1.71. The van der Waals surface area contributed by atoms with E-state index in [4.69, 9.17) is 5.11 Å². The number of aromatic carboxylic acids is 1. The predicted molar refractivity (Wildman–Crippen MR) is 78.6 cm³/mol. The number of nitrogens with zero attached hydrogens (tertiary/aromatic N) is 1. The highest BCUT2D eigenvalue weighted by Crippen LogP contribution is 2.23. The minimum Gasteiger partial charge on any atom is -0.478 e. The number of halogens is 1. The minimum atomic E-state index is -3.72. The van der Waals surface area contributed by atoms with Crippen LogP contribution in [0, 0.1) is 0 Å². The van der Waals surface area contributed by atoms with Crippen molar-refractivity contribution in [3.05, 3.63) is 46.5 Å². The summed E-state index contributed by atoms with van der Waals surface area (Å²) in [6.45, 7) is 0.184. The highest BCUT2D eigenvalue weighted by molar-refractivity contribution is 9.10.